The van der Waals surface area contributed by atoms with Gasteiger partial charge in [-0.3, -0.25) is 4.68 Å². The standard InChI is InChI=1S/C13H18N2O2/c16-13(17)12-10-7-4-8-11(10)14-15(12)9-5-2-1-3-6-9/h9H,1-8H2,(H,16,17). The lowest BCUT2D eigenvalue weighted by Gasteiger charge is -2.23. The molecule has 17 heavy (non-hydrogen) atoms. The SMILES string of the molecule is O=C(O)c1c2c(nn1C1CCCCC1)CCC2. The Morgan fingerprint density at radius 1 is 1.18 bits per heavy atom. The molecule has 0 bridgehead atoms. The van der Waals surface area contributed by atoms with E-state index in [-0.39, 0.29) is 0 Å². The molecule has 0 atom stereocenters. The van der Waals surface area contributed by atoms with Gasteiger partial charge in [0, 0.05) is 5.56 Å². The number of carboxylic acid groups (broad SMARTS) is 1. The van der Waals surface area contributed by atoms with Crippen LogP contribution in [0.3, 0.4) is 0 Å². The summed E-state index contributed by atoms with van der Waals surface area (Å²) in [6.45, 7) is 0. The Bertz CT molecular complexity index is 445. The van der Waals surface area contributed by atoms with Gasteiger partial charge in [-0.2, -0.15) is 5.10 Å². The summed E-state index contributed by atoms with van der Waals surface area (Å²) < 4.78 is 1.82. The highest BCUT2D eigenvalue weighted by molar-refractivity contribution is 5.88. The van der Waals surface area contributed by atoms with E-state index in [1.54, 1.807) is 0 Å². The molecule has 1 aromatic rings. The van der Waals surface area contributed by atoms with E-state index in [4.69, 9.17) is 0 Å². The fourth-order valence-corrected chi connectivity index (χ4v) is 3.23. The van der Waals surface area contributed by atoms with Crippen molar-refractivity contribution in [1.29, 1.82) is 0 Å². The zero-order valence-corrected chi connectivity index (χ0v) is 9.98. The first-order valence-electron chi connectivity index (χ1n) is 6.61. The van der Waals surface area contributed by atoms with Gasteiger partial charge >= 0.3 is 5.97 Å². The molecule has 2 aliphatic carbocycles. The summed E-state index contributed by atoms with van der Waals surface area (Å²) in [6.07, 6.45) is 8.76. The molecule has 2 aliphatic rings. The van der Waals surface area contributed by atoms with Gasteiger partial charge in [0.05, 0.1) is 11.7 Å². The van der Waals surface area contributed by atoms with Gasteiger partial charge in [0.15, 0.2) is 0 Å². The van der Waals surface area contributed by atoms with Gasteiger partial charge < -0.3 is 5.11 Å². The van der Waals surface area contributed by atoms with Crippen molar-refractivity contribution < 1.29 is 9.90 Å². The molecule has 1 N–H and O–H groups in total. The fourth-order valence-electron chi connectivity index (χ4n) is 3.23. The first-order chi connectivity index (χ1) is 8.27. The number of aromatic nitrogens is 2. The minimum atomic E-state index is -0.800. The number of fused-ring (bicyclic) bond motifs is 1. The van der Waals surface area contributed by atoms with E-state index in [0.29, 0.717) is 11.7 Å². The average molecular weight is 234 g/mol. The molecular weight excluding hydrogens is 216 g/mol. The minimum absolute atomic E-state index is 0.320. The van der Waals surface area contributed by atoms with E-state index in [9.17, 15) is 9.90 Å². The largest absolute Gasteiger partial charge is 0.477 e. The van der Waals surface area contributed by atoms with E-state index in [0.717, 1.165) is 43.4 Å². The topological polar surface area (TPSA) is 55.1 Å². The van der Waals surface area contributed by atoms with Gasteiger partial charge in [0.2, 0.25) is 0 Å². The fraction of sp³-hybridized carbons (Fsp3) is 0.692. The first kappa shape index (κ1) is 10.8. The number of carboxylic acids is 1. The smallest absolute Gasteiger partial charge is 0.354 e. The Hall–Kier alpha value is -1.32. The van der Waals surface area contributed by atoms with Crippen LogP contribution in [0.2, 0.25) is 0 Å². The van der Waals surface area contributed by atoms with Crippen LogP contribution in [0.5, 0.6) is 0 Å². The maximum Gasteiger partial charge on any atom is 0.354 e. The molecule has 0 amide bonds. The van der Waals surface area contributed by atoms with Crippen LogP contribution >= 0.6 is 0 Å². The maximum atomic E-state index is 11.4. The highest BCUT2D eigenvalue weighted by Crippen LogP contribution is 2.33. The minimum Gasteiger partial charge on any atom is -0.477 e. The second kappa shape index (κ2) is 4.17. The van der Waals surface area contributed by atoms with Crippen molar-refractivity contribution in [3.05, 3.63) is 17.0 Å². The molecule has 0 radical (unpaired) electrons. The molecule has 0 aliphatic heterocycles. The summed E-state index contributed by atoms with van der Waals surface area (Å²) in [5.74, 6) is -0.800. The second-order valence-electron chi connectivity index (χ2n) is 5.17. The monoisotopic (exact) mass is 234 g/mol. The molecule has 1 heterocycles. The summed E-state index contributed by atoms with van der Waals surface area (Å²) in [5, 5.41) is 14.0. The van der Waals surface area contributed by atoms with Crippen LogP contribution in [0.4, 0.5) is 0 Å². The number of hydrogen-bond acceptors (Lipinski definition) is 2. The van der Waals surface area contributed by atoms with Crippen molar-refractivity contribution in [3.8, 4) is 0 Å². The van der Waals surface area contributed by atoms with Crippen LogP contribution in [0.1, 0.15) is 66.3 Å². The average Bonchev–Trinajstić information content (AvgIpc) is 2.88. The predicted octanol–water partition coefficient (Wildman–Crippen LogP) is 2.58. The summed E-state index contributed by atoms with van der Waals surface area (Å²) in [7, 11) is 0. The van der Waals surface area contributed by atoms with Gasteiger partial charge in [-0.15, -0.1) is 0 Å². The number of rotatable bonds is 2. The summed E-state index contributed by atoms with van der Waals surface area (Å²) in [4.78, 5) is 11.4. The lowest BCUT2D eigenvalue weighted by Crippen LogP contribution is -2.20. The highest BCUT2D eigenvalue weighted by Gasteiger charge is 2.29. The summed E-state index contributed by atoms with van der Waals surface area (Å²) in [6, 6.07) is 0.320. The molecule has 0 aromatic carbocycles. The number of carbonyl (C=O) groups is 1. The van der Waals surface area contributed by atoms with E-state index in [1.165, 1.54) is 19.3 Å². The zero-order valence-electron chi connectivity index (χ0n) is 9.98. The quantitative estimate of drug-likeness (QED) is 0.855. The Morgan fingerprint density at radius 2 is 1.94 bits per heavy atom. The molecule has 0 unspecified atom stereocenters. The molecule has 4 nitrogen and oxygen atoms in total. The molecule has 1 saturated carbocycles. The first-order valence-corrected chi connectivity index (χ1v) is 6.61. The number of nitrogens with zero attached hydrogens (tertiary/aromatic N) is 2. The van der Waals surface area contributed by atoms with Gasteiger partial charge in [-0.25, -0.2) is 4.79 Å². The zero-order chi connectivity index (χ0) is 11.8. The van der Waals surface area contributed by atoms with Crippen molar-refractivity contribution in [2.75, 3.05) is 0 Å². The molecule has 4 heteroatoms. The molecule has 1 aromatic heterocycles. The molecule has 3 rings (SSSR count). The van der Waals surface area contributed by atoms with Crippen molar-refractivity contribution in [3.63, 3.8) is 0 Å². The normalized spacial score (nSPS) is 20.5. The second-order valence-corrected chi connectivity index (χ2v) is 5.17. The van der Waals surface area contributed by atoms with Crippen LogP contribution in [-0.2, 0) is 12.8 Å². The number of aromatic carboxylic acids is 1. The lowest BCUT2D eigenvalue weighted by atomic mass is 9.95. The summed E-state index contributed by atoms with van der Waals surface area (Å²) >= 11 is 0. The number of aryl methyl sites for hydroxylation is 1. The number of hydrogen-bond donors (Lipinski definition) is 1. The van der Waals surface area contributed by atoms with Crippen LogP contribution in [0.15, 0.2) is 0 Å². The predicted molar refractivity (Wildman–Crippen MR) is 63.3 cm³/mol. The lowest BCUT2D eigenvalue weighted by molar-refractivity contribution is 0.0676. The van der Waals surface area contributed by atoms with Crippen molar-refractivity contribution in [2.24, 2.45) is 0 Å². The van der Waals surface area contributed by atoms with Crippen molar-refractivity contribution >= 4 is 5.97 Å². The third-order valence-corrected chi connectivity index (χ3v) is 4.06. The van der Waals surface area contributed by atoms with Gasteiger partial charge in [-0.05, 0) is 32.1 Å². The van der Waals surface area contributed by atoms with E-state index in [2.05, 4.69) is 5.10 Å². The Morgan fingerprint density at radius 3 is 2.65 bits per heavy atom. The Balaban J connectivity index is 2.00. The highest BCUT2D eigenvalue weighted by atomic mass is 16.4. The Labute approximate surface area is 101 Å². The van der Waals surface area contributed by atoms with Crippen molar-refractivity contribution in [2.45, 2.75) is 57.4 Å². The van der Waals surface area contributed by atoms with E-state index < -0.39 is 5.97 Å². The third kappa shape index (κ3) is 1.75. The molecule has 0 saturated heterocycles. The molecule has 1 fully saturated rings. The van der Waals surface area contributed by atoms with E-state index >= 15 is 0 Å². The van der Waals surface area contributed by atoms with Gasteiger partial charge in [-0.1, -0.05) is 19.3 Å². The van der Waals surface area contributed by atoms with Crippen molar-refractivity contribution in [1.82, 2.24) is 9.78 Å². The van der Waals surface area contributed by atoms with E-state index in [1.807, 2.05) is 4.68 Å². The maximum absolute atomic E-state index is 11.4. The molecule has 0 spiro atoms. The molecule has 92 valence electrons. The third-order valence-electron chi connectivity index (χ3n) is 4.06. The molecular formula is C13H18N2O2. The van der Waals surface area contributed by atoms with Crippen LogP contribution in [-0.4, -0.2) is 20.9 Å². The summed E-state index contributed by atoms with van der Waals surface area (Å²) in [5.41, 5.74) is 2.51. The Kier molecular flexibility index (Phi) is 2.65. The van der Waals surface area contributed by atoms with Gasteiger partial charge in [0.25, 0.3) is 0 Å². The van der Waals surface area contributed by atoms with Crippen LogP contribution in [0, 0.1) is 0 Å². The van der Waals surface area contributed by atoms with Crippen LogP contribution in [0.25, 0.3) is 0 Å². The van der Waals surface area contributed by atoms with Crippen LogP contribution < -0.4 is 0 Å². The van der Waals surface area contributed by atoms with Gasteiger partial charge in [0.1, 0.15) is 5.69 Å².